The number of aromatic nitrogens is 4. The Balaban J connectivity index is 1.63. The van der Waals surface area contributed by atoms with Crippen molar-refractivity contribution in [3.8, 4) is 0 Å². The molecule has 1 aliphatic rings. The molecular formula is C16H25N7O. The molecule has 1 fully saturated rings. The van der Waals surface area contributed by atoms with Gasteiger partial charge in [-0.05, 0) is 13.0 Å². The number of aliphatic imine (C=N–C) groups is 1. The van der Waals surface area contributed by atoms with E-state index in [1.165, 1.54) is 0 Å². The Morgan fingerprint density at radius 3 is 3.08 bits per heavy atom. The second-order valence-electron chi connectivity index (χ2n) is 5.76. The summed E-state index contributed by atoms with van der Waals surface area (Å²) in [6, 6.07) is 1.93. The van der Waals surface area contributed by atoms with Gasteiger partial charge in [0.15, 0.2) is 5.96 Å². The molecule has 0 aromatic carbocycles. The number of nitrogens with zero attached hydrogens (tertiary/aromatic N) is 6. The SMILES string of the molecule is CCNC(=NCCn1cccn1)N1CCOC(c2cnn(C)c2)C1. The van der Waals surface area contributed by atoms with Crippen LogP contribution in [-0.4, -0.2) is 63.2 Å². The fourth-order valence-corrected chi connectivity index (χ4v) is 2.77. The molecule has 8 heteroatoms. The van der Waals surface area contributed by atoms with Crippen molar-refractivity contribution >= 4 is 5.96 Å². The average Bonchev–Trinajstić information content (AvgIpc) is 3.26. The first-order valence-electron chi connectivity index (χ1n) is 8.37. The Morgan fingerprint density at radius 1 is 1.46 bits per heavy atom. The first kappa shape index (κ1) is 16.5. The summed E-state index contributed by atoms with van der Waals surface area (Å²) in [6.45, 7) is 6.70. The molecular weight excluding hydrogens is 306 g/mol. The highest BCUT2D eigenvalue weighted by molar-refractivity contribution is 5.80. The van der Waals surface area contributed by atoms with E-state index in [0.717, 1.165) is 37.7 Å². The summed E-state index contributed by atoms with van der Waals surface area (Å²) in [5.41, 5.74) is 1.11. The lowest BCUT2D eigenvalue weighted by Gasteiger charge is -2.34. The second-order valence-corrected chi connectivity index (χ2v) is 5.76. The van der Waals surface area contributed by atoms with Gasteiger partial charge in [0.25, 0.3) is 0 Å². The number of ether oxygens (including phenoxy) is 1. The van der Waals surface area contributed by atoms with E-state index in [9.17, 15) is 0 Å². The van der Waals surface area contributed by atoms with Gasteiger partial charge in [-0.3, -0.25) is 14.4 Å². The molecule has 0 saturated carbocycles. The zero-order chi connectivity index (χ0) is 16.8. The third-order valence-corrected chi connectivity index (χ3v) is 3.95. The van der Waals surface area contributed by atoms with Crippen molar-refractivity contribution in [2.24, 2.45) is 12.0 Å². The van der Waals surface area contributed by atoms with E-state index < -0.39 is 0 Å². The lowest BCUT2D eigenvalue weighted by Crippen LogP contribution is -2.48. The monoisotopic (exact) mass is 331 g/mol. The number of rotatable bonds is 5. The van der Waals surface area contributed by atoms with Crippen LogP contribution in [0.3, 0.4) is 0 Å². The number of hydrogen-bond donors (Lipinski definition) is 1. The molecule has 1 atom stereocenters. The molecule has 24 heavy (non-hydrogen) atoms. The third-order valence-electron chi connectivity index (χ3n) is 3.95. The summed E-state index contributed by atoms with van der Waals surface area (Å²) >= 11 is 0. The summed E-state index contributed by atoms with van der Waals surface area (Å²) in [5, 5.41) is 11.8. The largest absolute Gasteiger partial charge is 0.370 e. The van der Waals surface area contributed by atoms with Crippen molar-refractivity contribution in [2.75, 3.05) is 32.8 Å². The number of guanidine groups is 1. The van der Waals surface area contributed by atoms with E-state index in [4.69, 9.17) is 9.73 Å². The molecule has 0 spiro atoms. The number of hydrogen-bond acceptors (Lipinski definition) is 4. The standard InChI is InChI=1S/C16H25N7O/c1-3-17-16(18-6-8-23-7-4-5-19-23)22-9-10-24-15(13-22)14-11-20-21(2)12-14/h4-5,7,11-12,15H,3,6,8-10,13H2,1-2H3,(H,17,18). The molecule has 130 valence electrons. The van der Waals surface area contributed by atoms with Gasteiger partial charge in [-0.25, -0.2) is 0 Å². The minimum atomic E-state index is 0.0300. The van der Waals surface area contributed by atoms with Gasteiger partial charge >= 0.3 is 0 Å². The van der Waals surface area contributed by atoms with Gasteiger partial charge in [0, 0.05) is 44.3 Å². The van der Waals surface area contributed by atoms with Crippen LogP contribution in [0.5, 0.6) is 0 Å². The highest BCUT2D eigenvalue weighted by Gasteiger charge is 2.25. The molecule has 2 aromatic heterocycles. The Labute approximate surface area is 142 Å². The molecule has 0 aliphatic carbocycles. The summed E-state index contributed by atoms with van der Waals surface area (Å²) in [7, 11) is 1.92. The average molecular weight is 331 g/mol. The van der Waals surface area contributed by atoms with E-state index in [-0.39, 0.29) is 6.10 Å². The molecule has 0 radical (unpaired) electrons. The van der Waals surface area contributed by atoms with Crippen LogP contribution in [0, 0.1) is 0 Å². The van der Waals surface area contributed by atoms with Gasteiger partial charge in [-0.15, -0.1) is 0 Å². The Hall–Kier alpha value is -2.35. The summed E-state index contributed by atoms with van der Waals surface area (Å²) < 4.78 is 9.61. The normalized spacial score (nSPS) is 18.8. The van der Waals surface area contributed by atoms with Crippen molar-refractivity contribution in [1.82, 2.24) is 29.8 Å². The molecule has 1 N–H and O–H groups in total. The van der Waals surface area contributed by atoms with E-state index in [2.05, 4.69) is 27.3 Å². The fourth-order valence-electron chi connectivity index (χ4n) is 2.77. The molecule has 0 amide bonds. The number of nitrogens with one attached hydrogen (secondary N) is 1. The molecule has 1 aliphatic heterocycles. The predicted molar refractivity (Wildman–Crippen MR) is 91.7 cm³/mol. The van der Waals surface area contributed by atoms with Gasteiger partial charge < -0.3 is 15.0 Å². The predicted octanol–water partition coefficient (Wildman–Crippen LogP) is 0.656. The first-order valence-corrected chi connectivity index (χ1v) is 8.37. The van der Waals surface area contributed by atoms with Crippen LogP contribution in [0.2, 0.25) is 0 Å². The minimum Gasteiger partial charge on any atom is -0.370 e. The van der Waals surface area contributed by atoms with Crippen molar-refractivity contribution in [2.45, 2.75) is 19.6 Å². The van der Waals surface area contributed by atoms with Crippen LogP contribution >= 0.6 is 0 Å². The highest BCUT2D eigenvalue weighted by Crippen LogP contribution is 2.21. The van der Waals surface area contributed by atoms with Gasteiger partial charge in [0.05, 0.1) is 32.4 Å². The van der Waals surface area contributed by atoms with Crippen molar-refractivity contribution in [3.05, 3.63) is 36.4 Å². The van der Waals surface area contributed by atoms with Crippen LogP contribution in [-0.2, 0) is 18.3 Å². The molecule has 1 unspecified atom stereocenters. The van der Waals surface area contributed by atoms with Crippen LogP contribution < -0.4 is 5.32 Å². The van der Waals surface area contributed by atoms with E-state index in [0.29, 0.717) is 13.2 Å². The fraction of sp³-hybridized carbons (Fsp3) is 0.562. The summed E-state index contributed by atoms with van der Waals surface area (Å²) in [4.78, 5) is 7.00. The van der Waals surface area contributed by atoms with E-state index in [1.807, 2.05) is 36.4 Å². The highest BCUT2D eigenvalue weighted by atomic mass is 16.5. The van der Waals surface area contributed by atoms with Crippen molar-refractivity contribution in [1.29, 1.82) is 0 Å². The van der Waals surface area contributed by atoms with Crippen molar-refractivity contribution < 1.29 is 4.74 Å². The van der Waals surface area contributed by atoms with Crippen LogP contribution in [0.4, 0.5) is 0 Å². The van der Waals surface area contributed by atoms with Crippen molar-refractivity contribution in [3.63, 3.8) is 0 Å². The lowest BCUT2D eigenvalue weighted by atomic mass is 10.1. The van der Waals surface area contributed by atoms with Gasteiger partial charge in [-0.2, -0.15) is 10.2 Å². The Morgan fingerprint density at radius 2 is 2.38 bits per heavy atom. The second kappa shape index (κ2) is 7.96. The maximum atomic E-state index is 5.91. The lowest BCUT2D eigenvalue weighted by molar-refractivity contribution is -0.00804. The maximum Gasteiger partial charge on any atom is 0.194 e. The quantitative estimate of drug-likeness (QED) is 0.643. The smallest absolute Gasteiger partial charge is 0.194 e. The van der Waals surface area contributed by atoms with Crippen LogP contribution in [0.15, 0.2) is 35.8 Å². The zero-order valence-corrected chi connectivity index (χ0v) is 14.3. The van der Waals surface area contributed by atoms with Gasteiger partial charge in [0.2, 0.25) is 0 Å². The van der Waals surface area contributed by atoms with Gasteiger partial charge in [0.1, 0.15) is 6.10 Å². The molecule has 8 nitrogen and oxygen atoms in total. The Kier molecular flexibility index (Phi) is 5.47. The Bertz CT molecular complexity index is 649. The summed E-state index contributed by atoms with van der Waals surface area (Å²) in [6.07, 6.45) is 7.65. The topological polar surface area (TPSA) is 72.5 Å². The number of morpholine rings is 1. The molecule has 3 heterocycles. The van der Waals surface area contributed by atoms with E-state index >= 15 is 0 Å². The van der Waals surface area contributed by atoms with E-state index in [1.54, 1.807) is 10.9 Å². The maximum absolute atomic E-state index is 5.91. The number of aryl methyl sites for hydroxylation is 1. The minimum absolute atomic E-state index is 0.0300. The first-order chi connectivity index (χ1) is 11.8. The molecule has 2 aromatic rings. The molecule has 0 bridgehead atoms. The molecule has 1 saturated heterocycles. The zero-order valence-electron chi connectivity index (χ0n) is 14.3. The third kappa shape index (κ3) is 4.14. The summed E-state index contributed by atoms with van der Waals surface area (Å²) in [5.74, 6) is 0.932. The molecule has 3 rings (SSSR count). The van der Waals surface area contributed by atoms with Crippen LogP contribution in [0.1, 0.15) is 18.6 Å². The van der Waals surface area contributed by atoms with Gasteiger partial charge in [-0.1, -0.05) is 0 Å². The van der Waals surface area contributed by atoms with Crippen LogP contribution in [0.25, 0.3) is 0 Å².